The zero-order valence-electron chi connectivity index (χ0n) is 12.3. The number of halogens is 3. The average molecular weight is 347 g/mol. The number of carboxylic acids is 1. The number of aliphatic carboxylic acids is 1. The maximum absolute atomic E-state index is 13.1. The monoisotopic (exact) mass is 346 g/mol. The summed E-state index contributed by atoms with van der Waals surface area (Å²) in [5.41, 5.74) is 0.507. The molecular formula is C15H17ClF2N2O3. The topological polar surface area (TPSA) is 69.6 Å². The molecule has 5 nitrogen and oxygen atoms in total. The molecule has 0 aromatic heterocycles. The number of piperidine rings is 1. The minimum Gasteiger partial charge on any atom is -0.481 e. The van der Waals surface area contributed by atoms with E-state index in [1.165, 1.54) is 4.90 Å². The molecular weight excluding hydrogens is 330 g/mol. The second-order valence-electron chi connectivity index (χ2n) is 5.47. The Bertz CT molecular complexity index is 571. The molecule has 1 atom stereocenters. The normalized spacial score (nSPS) is 18.3. The lowest BCUT2D eigenvalue weighted by molar-refractivity contribution is -0.138. The van der Waals surface area contributed by atoms with E-state index in [9.17, 15) is 23.5 Å². The number of likely N-dealkylation sites (tertiary alicyclic amines) is 1. The van der Waals surface area contributed by atoms with Crippen LogP contribution in [0.25, 0.3) is 0 Å². The Morgan fingerprint density at radius 2 is 1.83 bits per heavy atom. The number of rotatable bonds is 4. The van der Waals surface area contributed by atoms with Gasteiger partial charge in [-0.15, -0.1) is 0 Å². The molecule has 126 valence electrons. The minimum atomic E-state index is -2.73. The SMILES string of the molecule is O=C(O)C(CNC(=O)N1CCC(F)(F)CC1)c1ccc(Cl)cc1. The predicted molar refractivity (Wildman–Crippen MR) is 81.0 cm³/mol. The van der Waals surface area contributed by atoms with Gasteiger partial charge in [0, 0.05) is 37.5 Å². The van der Waals surface area contributed by atoms with E-state index >= 15 is 0 Å². The van der Waals surface area contributed by atoms with E-state index in [0.29, 0.717) is 10.6 Å². The first-order valence-electron chi connectivity index (χ1n) is 7.17. The Morgan fingerprint density at radius 1 is 1.26 bits per heavy atom. The maximum atomic E-state index is 13.1. The molecule has 23 heavy (non-hydrogen) atoms. The predicted octanol–water partition coefficient (Wildman–Crippen LogP) is 2.95. The molecule has 0 spiro atoms. The van der Waals surface area contributed by atoms with E-state index in [2.05, 4.69) is 5.32 Å². The van der Waals surface area contributed by atoms with Crippen molar-refractivity contribution in [3.63, 3.8) is 0 Å². The zero-order chi connectivity index (χ0) is 17.0. The molecule has 2 rings (SSSR count). The van der Waals surface area contributed by atoms with E-state index in [1.54, 1.807) is 24.3 Å². The molecule has 1 aliphatic rings. The number of hydrogen-bond donors (Lipinski definition) is 2. The summed E-state index contributed by atoms with van der Waals surface area (Å²) in [6.45, 7) is -0.211. The van der Waals surface area contributed by atoms with Crippen LogP contribution >= 0.6 is 11.6 Å². The first-order valence-corrected chi connectivity index (χ1v) is 7.55. The summed E-state index contributed by atoms with van der Waals surface area (Å²) in [6, 6.07) is 5.77. The van der Waals surface area contributed by atoms with Crippen LogP contribution in [0.5, 0.6) is 0 Å². The Hall–Kier alpha value is -1.89. The number of benzene rings is 1. The second kappa shape index (κ2) is 7.12. The van der Waals surface area contributed by atoms with Gasteiger partial charge in [-0.3, -0.25) is 4.79 Å². The van der Waals surface area contributed by atoms with Crippen molar-refractivity contribution in [2.45, 2.75) is 24.7 Å². The molecule has 2 amide bonds. The van der Waals surface area contributed by atoms with Crippen LogP contribution < -0.4 is 5.32 Å². The number of carbonyl (C=O) groups is 2. The smallest absolute Gasteiger partial charge is 0.317 e. The third kappa shape index (κ3) is 4.79. The summed E-state index contributed by atoms with van der Waals surface area (Å²) >= 11 is 5.76. The van der Waals surface area contributed by atoms with Gasteiger partial charge in [0.25, 0.3) is 5.92 Å². The highest BCUT2D eigenvalue weighted by molar-refractivity contribution is 6.30. The average Bonchev–Trinajstić information content (AvgIpc) is 2.48. The molecule has 8 heteroatoms. The number of nitrogens with zero attached hydrogens (tertiary/aromatic N) is 1. The van der Waals surface area contributed by atoms with Crippen LogP contribution in [0, 0.1) is 0 Å². The van der Waals surface area contributed by atoms with E-state index in [0.717, 1.165) is 0 Å². The highest BCUT2D eigenvalue weighted by Gasteiger charge is 2.35. The van der Waals surface area contributed by atoms with E-state index in [4.69, 9.17) is 11.6 Å². The van der Waals surface area contributed by atoms with Gasteiger partial charge in [-0.05, 0) is 17.7 Å². The van der Waals surface area contributed by atoms with Crippen LogP contribution in [0.3, 0.4) is 0 Å². The summed E-state index contributed by atoms with van der Waals surface area (Å²) < 4.78 is 26.1. The fourth-order valence-electron chi connectivity index (χ4n) is 2.38. The van der Waals surface area contributed by atoms with Crippen molar-refractivity contribution in [3.05, 3.63) is 34.9 Å². The molecule has 2 N–H and O–H groups in total. The van der Waals surface area contributed by atoms with E-state index < -0.39 is 23.8 Å². The fraction of sp³-hybridized carbons (Fsp3) is 0.467. The Morgan fingerprint density at radius 3 is 2.35 bits per heavy atom. The second-order valence-corrected chi connectivity index (χ2v) is 5.91. The fourth-order valence-corrected chi connectivity index (χ4v) is 2.51. The van der Waals surface area contributed by atoms with Gasteiger partial charge in [0.1, 0.15) is 0 Å². The quantitative estimate of drug-likeness (QED) is 0.880. The standard InChI is InChI=1S/C15H17ClF2N2O3/c16-11-3-1-10(2-4-11)12(13(21)22)9-19-14(23)20-7-5-15(17,18)6-8-20/h1-4,12H,5-9H2,(H,19,23)(H,21,22). The molecule has 0 bridgehead atoms. The highest BCUT2D eigenvalue weighted by Crippen LogP contribution is 2.27. The summed E-state index contributed by atoms with van der Waals surface area (Å²) in [4.78, 5) is 24.6. The van der Waals surface area contributed by atoms with E-state index in [1.807, 2.05) is 0 Å². The van der Waals surface area contributed by atoms with Crippen LogP contribution in [-0.2, 0) is 4.79 Å². The van der Waals surface area contributed by atoms with Crippen molar-refractivity contribution in [2.24, 2.45) is 0 Å². The first kappa shape index (κ1) is 17.5. The number of nitrogens with one attached hydrogen (secondary N) is 1. The van der Waals surface area contributed by atoms with Crippen LogP contribution in [0.4, 0.5) is 13.6 Å². The molecule has 0 saturated carbocycles. The van der Waals surface area contributed by atoms with Gasteiger partial charge < -0.3 is 15.3 Å². The van der Waals surface area contributed by atoms with Gasteiger partial charge in [0.15, 0.2) is 0 Å². The van der Waals surface area contributed by atoms with Gasteiger partial charge in [-0.2, -0.15) is 0 Å². The molecule has 0 aliphatic carbocycles. The molecule has 1 saturated heterocycles. The number of alkyl halides is 2. The van der Waals surface area contributed by atoms with Crippen molar-refractivity contribution in [2.75, 3.05) is 19.6 Å². The number of carbonyl (C=O) groups excluding carboxylic acids is 1. The third-order valence-corrected chi connectivity index (χ3v) is 4.06. The maximum Gasteiger partial charge on any atom is 0.317 e. The number of urea groups is 1. The minimum absolute atomic E-state index is 0.0441. The number of carboxylic acid groups (broad SMARTS) is 1. The van der Waals surface area contributed by atoms with Crippen molar-refractivity contribution >= 4 is 23.6 Å². The van der Waals surface area contributed by atoms with Crippen LogP contribution in [0.15, 0.2) is 24.3 Å². The zero-order valence-corrected chi connectivity index (χ0v) is 13.0. The van der Waals surface area contributed by atoms with E-state index in [-0.39, 0.29) is 32.5 Å². The lowest BCUT2D eigenvalue weighted by atomic mass is 9.99. The molecule has 1 aliphatic heterocycles. The molecule has 1 aromatic rings. The Labute approximate surface area is 137 Å². The van der Waals surface area contributed by atoms with Crippen molar-refractivity contribution in [1.29, 1.82) is 0 Å². The van der Waals surface area contributed by atoms with Crippen molar-refractivity contribution in [1.82, 2.24) is 10.2 Å². The highest BCUT2D eigenvalue weighted by atomic mass is 35.5. The third-order valence-electron chi connectivity index (χ3n) is 3.81. The lowest BCUT2D eigenvalue weighted by Crippen LogP contribution is -2.48. The van der Waals surface area contributed by atoms with Gasteiger partial charge in [-0.1, -0.05) is 23.7 Å². The van der Waals surface area contributed by atoms with Crippen molar-refractivity contribution in [3.8, 4) is 0 Å². The lowest BCUT2D eigenvalue weighted by Gasteiger charge is -2.32. The van der Waals surface area contributed by atoms with Crippen LogP contribution in [-0.4, -0.2) is 47.6 Å². The van der Waals surface area contributed by atoms with Gasteiger partial charge in [-0.25, -0.2) is 13.6 Å². The van der Waals surface area contributed by atoms with Crippen molar-refractivity contribution < 1.29 is 23.5 Å². The Balaban J connectivity index is 1.93. The molecule has 0 radical (unpaired) electrons. The van der Waals surface area contributed by atoms with Gasteiger partial charge in [0.2, 0.25) is 0 Å². The Kier molecular flexibility index (Phi) is 5.41. The number of amides is 2. The molecule has 1 aromatic carbocycles. The number of hydrogen-bond acceptors (Lipinski definition) is 2. The van der Waals surface area contributed by atoms with Gasteiger partial charge >= 0.3 is 12.0 Å². The molecule has 1 fully saturated rings. The summed E-state index contributed by atoms with van der Waals surface area (Å²) in [7, 11) is 0. The van der Waals surface area contributed by atoms with Gasteiger partial charge in [0.05, 0.1) is 5.92 Å². The largest absolute Gasteiger partial charge is 0.481 e. The summed E-state index contributed by atoms with van der Waals surface area (Å²) in [5, 5.41) is 12.3. The first-order chi connectivity index (χ1) is 10.8. The summed E-state index contributed by atoms with van der Waals surface area (Å²) in [6.07, 6.45) is -0.750. The summed E-state index contributed by atoms with van der Waals surface area (Å²) in [5.74, 6) is -4.75. The molecule has 1 unspecified atom stereocenters. The molecule has 1 heterocycles. The van der Waals surface area contributed by atoms with Crippen LogP contribution in [0.2, 0.25) is 5.02 Å². The van der Waals surface area contributed by atoms with Crippen LogP contribution in [0.1, 0.15) is 24.3 Å².